The summed E-state index contributed by atoms with van der Waals surface area (Å²) in [6, 6.07) is 0. The van der Waals surface area contributed by atoms with Crippen LogP contribution in [-0.2, 0) is 13.0 Å². The number of aryl methyl sites for hydroxylation is 2. The van der Waals surface area contributed by atoms with E-state index >= 15 is 0 Å². The lowest BCUT2D eigenvalue weighted by Crippen LogP contribution is -2.20. The van der Waals surface area contributed by atoms with Crippen LogP contribution in [0.3, 0.4) is 0 Å². The maximum atomic E-state index is 12.0. The van der Waals surface area contributed by atoms with Crippen molar-refractivity contribution in [3.8, 4) is 0 Å². The van der Waals surface area contributed by atoms with E-state index in [0.717, 1.165) is 0 Å². The van der Waals surface area contributed by atoms with Gasteiger partial charge in [0.15, 0.2) is 0 Å². The Hall–Kier alpha value is -2.24. The second kappa shape index (κ2) is 4.56. The van der Waals surface area contributed by atoms with Crippen LogP contribution < -0.4 is 5.43 Å². The predicted octanol–water partition coefficient (Wildman–Crippen LogP) is 1.07. The Balaban J connectivity index is 2.88. The summed E-state index contributed by atoms with van der Waals surface area (Å²) in [6.07, 6.45) is 3.40. The largest absolute Gasteiger partial charge is 0.477 e. The SMILES string of the molecule is CCc1ncc2c(=O)c(C(=O)O)cn(CC)c2n1. The van der Waals surface area contributed by atoms with Gasteiger partial charge in [-0.05, 0) is 6.92 Å². The van der Waals surface area contributed by atoms with Gasteiger partial charge in [0.2, 0.25) is 5.43 Å². The van der Waals surface area contributed by atoms with Crippen LogP contribution in [0.2, 0.25) is 0 Å². The number of pyridine rings is 1. The first-order chi connectivity index (χ1) is 8.58. The maximum Gasteiger partial charge on any atom is 0.341 e. The van der Waals surface area contributed by atoms with Gasteiger partial charge < -0.3 is 9.67 Å². The van der Waals surface area contributed by atoms with Gasteiger partial charge in [-0.3, -0.25) is 4.79 Å². The van der Waals surface area contributed by atoms with E-state index < -0.39 is 11.4 Å². The molecule has 0 bridgehead atoms. The van der Waals surface area contributed by atoms with Gasteiger partial charge in [0.1, 0.15) is 17.0 Å². The molecule has 0 aliphatic heterocycles. The summed E-state index contributed by atoms with van der Waals surface area (Å²) >= 11 is 0. The third-order valence-electron chi connectivity index (χ3n) is 2.75. The number of carboxylic acid groups (broad SMARTS) is 1. The number of aromatic nitrogens is 3. The Kier molecular flexibility index (Phi) is 3.10. The van der Waals surface area contributed by atoms with Crippen molar-refractivity contribution < 1.29 is 9.90 Å². The molecule has 0 spiro atoms. The van der Waals surface area contributed by atoms with Crippen molar-refractivity contribution in [3.63, 3.8) is 0 Å². The molecule has 0 atom stereocenters. The average Bonchev–Trinajstić information content (AvgIpc) is 2.38. The third-order valence-corrected chi connectivity index (χ3v) is 2.75. The first-order valence-electron chi connectivity index (χ1n) is 5.70. The Morgan fingerprint density at radius 1 is 1.44 bits per heavy atom. The Morgan fingerprint density at radius 2 is 2.17 bits per heavy atom. The summed E-state index contributed by atoms with van der Waals surface area (Å²) in [6.45, 7) is 4.32. The monoisotopic (exact) mass is 247 g/mol. The fraction of sp³-hybridized carbons (Fsp3) is 0.333. The number of nitrogens with zero attached hydrogens (tertiary/aromatic N) is 3. The molecule has 18 heavy (non-hydrogen) atoms. The van der Waals surface area contributed by atoms with Crippen LogP contribution >= 0.6 is 0 Å². The number of hydrogen-bond acceptors (Lipinski definition) is 4. The van der Waals surface area contributed by atoms with E-state index in [0.29, 0.717) is 24.4 Å². The van der Waals surface area contributed by atoms with Crippen LogP contribution in [0.25, 0.3) is 11.0 Å². The van der Waals surface area contributed by atoms with Gasteiger partial charge in [-0.2, -0.15) is 0 Å². The van der Waals surface area contributed by atoms with Crippen molar-refractivity contribution in [1.82, 2.24) is 14.5 Å². The lowest BCUT2D eigenvalue weighted by Gasteiger charge is -2.09. The van der Waals surface area contributed by atoms with Crippen LogP contribution in [-0.4, -0.2) is 25.6 Å². The Morgan fingerprint density at radius 3 is 2.72 bits per heavy atom. The second-order valence-corrected chi connectivity index (χ2v) is 3.84. The number of aromatic carboxylic acids is 1. The van der Waals surface area contributed by atoms with E-state index in [1.54, 1.807) is 4.57 Å². The van der Waals surface area contributed by atoms with E-state index in [4.69, 9.17) is 5.11 Å². The average molecular weight is 247 g/mol. The van der Waals surface area contributed by atoms with Crippen LogP contribution in [0.5, 0.6) is 0 Å². The van der Waals surface area contributed by atoms with E-state index in [9.17, 15) is 9.59 Å². The van der Waals surface area contributed by atoms with Crippen LogP contribution in [0, 0.1) is 0 Å². The minimum atomic E-state index is -1.23. The van der Waals surface area contributed by atoms with Gasteiger partial charge in [-0.15, -0.1) is 0 Å². The second-order valence-electron chi connectivity index (χ2n) is 3.84. The molecule has 6 heteroatoms. The van der Waals surface area contributed by atoms with Gasteiger partial charge in [-0.25, -0.2) is 14.8 Å². The van der Waals surface area contributed by atoms with E-state index in [2.05, 4.69) is 9.97 Å². The first kappa shape index (κ1) is 12.2. The number of carbonyl (C=O) groups is 1. The molecule has 2 aromatic rings. The molecular formula is C12H13N3O3. The zero-order valence-electron chi connectivity index (χ0n) is 10.2. The highest BCUT2D eigenvalue weighted by Crippen LogP contribution is 2.09. The molecule has 0 saturated heterocycles. The molecule has 0 saturated carbocycles. The van der Waals surface area contributed by atoms with Crippen molar-refractivity contribution in [2.45, 2.75) is 26.8 Å². The van der Waals surface area contributed by atoms with Gasteiger partial charge >= 0.3 is 5.97 Å². The molecule has 0 amide bonds. The summed E-state index contributed by atoms with van der Waals surface area (Å²) in [5.74, 6) is -0.601. The first-order valence-corrected chi connectivity index (χ1v) is 5.70. The minimum Gasteiger partial charge on any atom is -0.477 e. The molecule has 1 N–H and O–H groups in total. The van der Waals surface area contributed by atoms with Gasteiger partial charge in [0.25, 0.3) is 0 Å². The topological polar surface area (TPSA) is 85.1 Å². The normalized spacial score (nSPS) is 10.8. The third kappa shape index (κ3) is 1.85. The van der Waals surface area contributed by atoms with Crippen LogP contribution in [0.1, 0.15) is 30.0 Å². The van der Waals surface area contributed by atoms with Crippen molar-refractivity contribution in [2.75, 3.05) is 0 Å². The van der Waals surface area contributed by atoms with E-state index in [-0.39, 0.29) is 10.9 Å². The van der Waals surface area contributed by atoms with E-state index in [1.165, 1.54) is 12.4 Å². The van der Waals surface area contributed by atoms with Crippen molar-refractivity contribution in [3.05, 3.63) is 34.0 Å². The summed E-state index contributed by atoms with van der Waals surface area (Å²) in [5.41, 5.74) is -0.304. The number of fused-ring (bicyclic) bond motifs is 1. The summed E-state index contributed by atoms with van der Waals surface area (Å²) < 4.78 is 1.65. The highest BCUT2D eigenvalue weighted by atomic mass is 16.4. The zero-order chi connectivity index (χ0) is 13.3. The highest BCUT2D eigenvalue weighted by molar-refractivity contribution is 5.91. The number of rotatable bonds is 3. The standard InChI is InChI=1S/C12H13N3O3/c1-3-9-13-5-7-10(16)8(12(17)18)6-15(4-2)11(7)14-9/h5-6H,3-4H2,1-2H3,(H,17,18). The lowest BCUT2D eigenvalue weighted by atomic mass is 10.2. The Bertz CT molecular complexity index is 676. The fourth-order valence-corrected chi connectivity index (χ4v) is 1.77. The molecule has 0 unspecified atom stereocenters. The molecule has 6 nitrogen and oxygen atoms in total. The number of hydrogen-bond donors (Lipinski definition) is 1. The van der Waals surface area contributed by atoms with Crippen LogP contribution in [0.4, 0.5) is 0 Å². The van der Waals surface area contributed by atoms with Crippen molar-refractivity contribution in [1.29, 1.82) is 0 Å². The molecule has 0 radical (unpaired) electrons. The molecule has 94 valence electrons. The van der Waals surface area contributed by atoms with Crippen molar-refractivity contribution in [2.24, 2.45) is 0 Å². The van der Waals surface area contributed by atoms with Gasteiger partial charge in [0.05, 0.1) is 5.39 Å². The molecule has 2 heterocycles. The number of carboxylic acids is 1. The Labute approximate surface area is 103 Å². The molecule has 0 fully saturated rings. The molecule has 0 aliphatic rings. The quantitative estimate of drug-likeness (QED) is 0.876. The van der Waals surface area contributed by atoms with Crippen molar-refractivity contribution >= 4 is 17.0 Å². The fourth-order valence-electron chi connectivity index (χ4n) is 1.77. The smallest absolute Gasteiger partial charge is 0.341 e. The van der Waals surface area contributed by atoms with E-state index in [1.807, 2.05) is 13.8 Å². The molecule has 2 aromatic heterocycles. The van der Waals surface area contributed by atoms with Gasteiger partial charge in [0, 0.05) is 25.4 Å². The maximum absolute atomic E-state index is 12.0. The zero-order valence-corrected chi connectivity index (χ0v) is 10.2. The summed E-state index contributed by atoms with van der Waals surface area (Å²) in [5, 5.41) is 9.24. The minimum absolute atomic E-state index is 0.244. The highest BCUT2D eigenvalue weighted by Gasteiger charge is 2.15. The van der Waals surface area contributed by atoms with Crippen LogP contribution in [0.15, 0.2) is 17.2 Å². The summed E-state index contributed by atoms with van der Waals surface area (Å²) in [7, 11) is 0. The van der Waals surface area contributed by atoms with Gasteiger partial charge in [-0.1, -0.05) is 6.92 Å². The molecule has 0 aromatic carbocycles. The molecule has 2 rings (SSSR count). The predicted molar refractivity (Wildman–Crippen MR) is 65.8 cm³/mol. The molecule has 0 aliphatic carbocycles. The lowest BCUT2D eigenvalue weighted by molar-refractivity contribution is 0.0695. The molecular weight excluding hydrogens is 234 g/mol. The summed E-state index contributed by atoms with van der Waals surface area (Å²) in [4.78, 5) is 31.3.